The van der Waals surface area contributed by atoms with Gasteiger partial charge in [0.1, 0.15) is 0 Å². The molecular weight excluding hydrogens is 306 g/mol. The molecule has 0 bridgehead atoms. The second-order valence-electron chi connectivity index (χ2n) is 5.85. The maximum absolute atomic E-state index is 12.6. The summed E-state index contributed by atoms with van der Waals surface area (Å²) in [6, 6.07) is 0.0285. The monoisotopic (exact) mass is 335 g/mol. The van der Waals surface area contributed by atoms with Gasteiger partial charge in [-0.2, -0.15) is 17.0 Å². The van der Waals surface area contributed by atoms with E-state index < -0.39 is 16.3 Å². The second kappa shape index (κ2) is 8.03. The molecule has 0 aromatic rings. The smallest absolute Gasteiger partial charge is 0.281 e. The first-order valence-corrected chi connectivity index (χ1v) is 9.65. The first kappa shape index (κ1) is 18.1. The summed E-state index contributed by atoms with van der Waals surface area (Å²) in [7, 11) is -3.41. The van der Waals surface area contributed by atoms with Gasteiger partial charge >= 0.3 is 0 Å². The van der Waals surface area contributed by atoms with Crippen LogP contribution in [-0.4, -0.2) is 91.7 Å². The third-order valence-electron chi connectivity index (χ3n) is 4.67. The lowest BCUT2D eigenvalue weighted by atomic mass is 10.0. The van der Waals surface area contributed by atoms with E-state index in [0.717, 1.165) is 13.1 Å². The van der Waals surface area contributed by atoms with Crippen molar-refractivity contribution in [2.24, 2.45) is 0 Å². The fraction of sp³-hybridized carbons (Fsp3) is 1.00. The Hall–Kier alpha value is -0.250. The quantitative estimate of drug-likeness (QED) is 0.749. The summed E-state index contributed by atoms with van der Waals surface area (Å²) >= 11 is 0. The van der Waals surface area contributed by atoms with Crippen molar-refractivity contribution in [3.8, 4) is 0 Å². The standard InChI is InChI=1S/C14H29N3O4S/c1-3-16(4-2)22(19,20)17-7-5-13(14(18)6-8-17)15-9-11-21-12-10-15/h13-14,18H,3-12H2,1-2H3/t13-,14-/m0/s1. The summed E-state index contributed by atoms with van der Waals surface area (Å²) in [6.45, 7) is 8.51. The number of hydrogen-bond acceptors (Lipinski definition) is 5. The van der Waals surface area contributed by atoms with Gasteiger partial charge in [0.15, 0.2) is 0 Å². The van der Waals surface area contributed by atoms with Crippen LogP contribution >= 0.6 is 0 Å². The fourth-order valence-electron chi connectivity index (χ4n) is 3.33. The van der Waals surface area contributed by atoms with Crippen LogP contribution in [0.3, 0.4) is 0 Å². The van der Waals surface area contributed by atoms with Gasteiger partial charge in [0.25, 0.3) is 10.2 Å². The second-order valence-corrected chi connectivity index (χ2v) is 7.78. The summed E-state index contributed by atoms with van der Waals surface area (Å²) in [4.78, 5) is 2.24. The number of rotatable bonds is 5. The van der Waals surface area contributed by atoms with Crippen LogP contribution in [0.4, 0.5) is 0 Å². The Morgan fingerprint density at radius 1 is 1.09 bits per heavy atom. The summed E-state index contributed by atoms with van der Waals surface area (Å²) in [6.07, 6.45) is 0.680. The van der Waals surface area contributed by atoms with Gasteiger partial charge in [-0.1, -0.05) is 13.8 Å². The number of ether oxygens (including phenoxy) is 1. The predicted molar refractivity (Wildman–Crippen MR) is 84.8 cm³/mol. The molecule has 2 heterocycles. The normalized spacial score (nSPS) is 29.6. The highest BCUT2D eigenvalue weighted by molar-refractivity contribution is 7.86. The number of morpholine rings is 1. The van der Waals surface area contributed by atoms with Gasteiger partial charge in [-0.25, -0.2) is 0 Å². The highest BCUT2D eigenvalue weighted by atomic mass is 32.2. The molecule has 7 nitrogen and oxygen atoms in total. The molecule has 2 rings (SSSR count). The molecule has 2 atom stereocenters. The minimum Gasteiger partial charge on any atom is -0.391 e. The Bertz CT molecular complexity index is 435. The van der Waals surface area contributed by atoms with Crippen molar-refractivity contribution in [1.29, 1.82) is 0 Å². The van der Waals surface area contributed by atoms with Crippen LogP contribution in [0.15, 0.2) is 0 Å². The summed E-state index contributed by atoms with van der Waals surface area (Å²) < 4.78 is 33.6. The average molecular weight is 335 g/mol. The van der Waals surface area contributed by atoms with Crippen molar-refractivity contribution in [2.45, 2.75) is 38.8 Å². The molecule has 0 saturated carbocycles. The molecule has 0 spiro atoms. The van der Waals surface area contributed by atoms with Crippen LogP contribution in [0.5, 0.6) is 0 Å². The van der Waals surface area contributed by atoms with Crippen LogP contribution in [0.1, 0.15) is 26.7 Å². The molecule has 0 aromatic carbocycles. The van der Waals surface area contributed by atoms with E-state index in [2.05, 4.69) is 4.90 Å². The van der Waals surface area contributed by atoms with E-state index in [-0.39, 0.29) is 6.04 Å². The summed E-state index contributed by atoms with van der Waals surface area (Å²) in [5.74, 6) is 0. The Labute approximate surface area is 134 Å². The van der Waals surface area contributed by atoms with Gasteiger partial charge in [0, 0.05) is 45.3 Å². The predicted octanol–water partition coefficient (Wildman–Crippen LogP) is -0.269. The third kappa shape index (κ3) is 3.98. The topological polar surface area (TPSA) is 73.3 Å². The van der Waals surface area contributed by atoms with E-state index in [0.29, 0.717) is 52.2 Å². The number of nitrogens with zero attached hydrogens (tertiary/aromatic N) is 3. The van der Waals surface area contributed by atoms with Gasteiger partial charge in [-0.3, -0.25) is 4.90 Å². The van der Waals surface area contributed by atoms with Gasteiger partial charge in [-0.15, -0.1) is 0 Å². The first-order chi connectivity index (χ1) is 10.5. The molecule has 2 saturated heterocycles. The Balaban J connectivity index is 2.04. The van der Waals surface area contributed by atoms with Crippen molar-refractivity contribution < 1.29 is 18.3 Å². The van der Waals surface area contributed by atoms with E-state index in [4.69, 9.17) is 4.74 Å². The lowest BCUT2D eigenvalue weighted by Gasteiger charge is -2.36. The van der Waals surface area contributed by atoms with Crippen LogP contribution in [0, 0.1) is 0 Å². The minimum atomic E-state index is -3.41. The zero-order valence-electron chi connectivity index (χ0n) is 13.6. The summed E-state index contributed by atoms with van der Waals surface area (Å²) in [5.41, 5.74) is 0. The first-order valence-electron chi connectivity index (χ1n) is 8.25. The zero-order valence-corrected chi connectivity index (χ0v) is 14.5. The largest absolute Gasteiger partial charge is 0.391 e. The molecule has 0 unspecified atom stereocenters. The van der Waals surface area contributed by atoms with Gasteiger partial charge < -0.3 is 9.84 Å². The maximum Gasteiger partial charge on any atom is 0.281 e. The van der Waals surface area contributed by atoms with Crippen molar-refractivity contribution in [2.75, 3.05) is 52.5 Å². The van der Waals surface area contributed by atoms with Gasteiger partial charge in [0.05, 0.1) is 19.3 Å². The molecule has 2 aliphatic rings. The van der Waals surface area contributed by atoms with Crippen molar-refractivity contribution in [1.82, 2.24) is 13.5 Å². The Kier molecular flexibility index (Phi) is 6.60. The molecule has 0 aromatic heterocycles. The molecule has 2 aliphatic heterocycles. The van der Waals surface area contributed by atoms with E-state index in [1.165, 1.54) is 8.61 Å². The molecule has 0 radical (unpaired) electrons. The fourth-order valence-corrected chi connectivity index (χ4v) is 4.98. The average Bonchev–Trinajstić information content (AvgIpc) is 2.71. The minimum absolute atomic E-state index is 0.0285. The molecule has 130 valence electrons. The molecule has 0 aliphatic carbocycles. The van der Waals surface area contributed by atoms with Crippen molar-refractivity contribution in [3.05, 3.63) is 0 Å². The Morgan fingerprint density at radius 2 is 1.68 bits per heavy atom. The lowest BCUT2D eigenvalue weighted by Crippen LogP contribution is -2.49. The van der Waals surface area contributed by atoms with E-state index in [1.54, 1.807) is 0 Å². The van der Waals surface area contributed by atoms with Gasteiger partial charge in [0.2, 0.25) is 0 Å². The van der Waals surface area contributed by atoms with E-state index >= 15 is 0 Å². The number of aliphatic hydroxyl groups excluding tert-OH is 1. The van der Waals surface area contributed by atoms with E-state index in [9.17, 15) is 13.5 Å². The highest BCUT2D eigenvalue weighted by Crippen LogP contribution is 2.21. The number of hydrogen-bond donors (Lipinski definition) is 1. The molecule has 8 heteroatoms. The maximum atomic E-state index is 12.6. The molecule has 1 N–H and O–H groups in total. The molecule has 22 heavy (non-hydrogen) atoms. The SMILES string of the molecule is CCN(CC)S(=O)(=O)N1CC[C@H](O)[C@@H](N2CCOCC2)CC1. The van der Waals surface area contributed by atoms with Crippen LogP contribution < -0.4 is 0 Å². The van der Waals surface area contributed by atoms with Gasteiger partial charge in [-0.05, 0) is 12.8 Å². The van der Waals surface area contributed by atoms with Crippen molar-refractivity contribution in [3.63, 3.8) is 0 Å². The zero-order chi connectivity index (χ0) is 16.2. The highest BCUT2D eigenvalue weighted by Gasteiger charge is 2.35. The van der Waals surface area contributed by atoms with Crippen LogP contribution in [-0.2, 0) is 14.9 Å². The summed E-state index contributed by atoms with van der Waals surface area (Å²) in [5, 5.41) is 10.4. The third-order valence-corrected chi connectivity index (χ3v) is 6.85. The number of aliphatic hydroxyl groups is 1. The van der Waals surface area contributed by atoms with Crippen LogP contribution in [0.25, 0.3) is 0 Å². The van der Waals surface area contributed by atoms with Crippen LogP contribution in [0.2, 0.25) is 0 Å². The molecular formula is C14H29N3O4S. The van der Waals surface area contributed by atoms with Crippen molar-refractivity contribution >= 4 is 10.2 Å². The van der Waals surface area contributed by atoms with E-state index in [1.807, 2.05) is 13.8 Å². The Morgan fingerprint density at radius 3 is 2.27 bits per heavy atom. The lowest BCUT2D eigenvalue weighted by molar-refractivity contribution is -0.0222. The molecule has 0 amide bonds. The molecule has 2 fully saturated rings.